The van der Waals surface area contributed by atoms with Crippen molar-refractivity contribution in [3.05, 3.63) is 33.9 Å². The molecule has 5 nitrogen and oxygen atoms in total. The van der Waals surface area contributed by atoms with Crippen LogP contribution < -0.4 is 5.32 Å². The van der Waals surface area contributed by atoms with E-state index < -0.39 is 0 Å². The van der Waals surface area contributed by atoms with Gasteiger partial charge in [0, 0.05) is 12.1 Å². The fourth-order valence-corrected chi connectivity index (χ4v) is 2.50. The summed E-state index contributed by atoms with van der Waals surface area (Å²) < 4.78 is 0. The summed E-state index contributed by atoms with van der Waals surface area (Å²) >= 11 is 1.37. The summed E-state index contributed by atoms with van der Waals surface area (Å²) in [6, 6.07) is 3.07. The monoisotopic (exact) mass is 277 g/mol. The molecule has 2 rings (SSSR count). The van der Waals surface area contributed by atoms with Crippen molar-refractivity contribution in [1.29, 1.82) is 0 Å². The molecule has 0 fully saturated rings. The Hall–Kier alpha value is -1.95. The molecule has 6 heteroatoms. The third-order valence-electron chi connectivity index (χ3n) is 2.53. The van der Waals surface area contributed by atoms with Gasteiger partial charge in [-0.05, 0) is 19.1 Å². The van der Waals surface area contributed by atoms with E-state index in [1.807, 2.05) is 13.8 Å². The van der Waals surface area contributed by atoms with Gasteiger partial charge < -0.3 is 10.4 Å². The van der Waals surface area contributed by atoms with Crippen molar-refractivity contribution in [1.82, 2.24) is 9.97 Å². The largest absolute Gasteiger partial charge is 0.504 e. The molecule has 0 unspecified atom stereocenters. The fraction of sp³-hybridized carbons (Fsp3) is 0.308. The van der Waals surface area contributed by atoms with E-state index in [9.17, 15) is 9.90 Å². The van der Waals surface area contributed by atoms with Gasteiger partial charge in [0.15, 0.2) is 11.6 Å². The average Bonchev–Trinajstić information content (AvgIpc) is 2.74. The lowest BCUT2D eigenvalue weighted by Gasteiger charge is -2.04. The van der Waals surface area contributed by atoms with Crippen molar-refractivity contribution in [3.8, 4) is 5.75 Å². The Bertz CT molecular complexity index is 608. The maximum Gasteiger partial charge on any atom is 0.268 e. The van der Waals surface area contributed by atoms with Gasteiger partial charge in [-0.15, -0.1) is 11.3 Å². The van der Waals surface area contributed by atoms with Gasteiger partial charge in [-0.1, -0.05) is 13.8 Å². The predicted molar refractivity (Wildman–Crippen MR) is 74.8 cm³/mol. The number of nitrogens with one attached hydrogen (secondary N) is 1. The number of amides is 1. The third kappa shape index (κ3) is 2.90. The maximum atomic E-state index is 12.1. The average molecular weight is 277 g/mol. The van der Waals surface area contributed by atoms with Gasteiger partial charge in [-0.25, -0.2) is 9.97 Å². The molecule has 0 aliphatic rings. The van der Waals surface area contributed by atoms with E-state index in [0.717, 1.165) is 5.01 Å². The second kappa shape index (κ2) is 5.36. The van der Waals surface area contributed by atoms with Crippen LogP contribution in [0.15, 0.2) is 18.3 Å². The summed E-state index contributed by atoms with van der Waals surface area (Å²) in [5.41, 5.74) is 0.696. The van der Waals surface area contributed by atoms with Crippen LogP contribution in [0.5, 0.6) is 5.75 Å². The predicted octanol–water partition coefficient (Wildman–Crippen LogP) is 2.93. The standard InChI is InChI=1S/C13H15N3O2S/c1-7(2)13-15-8(3)10(19-13)12(18)16-11-9(17)5-4-6-14-11/h4-7,17H,1-3H3,(H,14,16,18). The molecule has 1 amide bonds. The molecule has 0 saturated heterocycles. The number of hydrogen-bond acceptors (Lipinski definition) is 5. The summed E-state index contributed by atoms with van der Waals surface area (Å²) in [5.74, 6) is 0.0953. The fourth-order valence-electron chi connectivity index (χ4n) is 1.53. The highest BCUT2D eigenvalue weighted by atomic mass is 32.1. The molecule has 19 heavy (non-hydrogen) atoms. The molecular weight excluding hydrogens is 262 g/mol. The molecule has 0 bridgehead atoms. The number of anilines is 1. The molecule has 100 valence electrons. The summed E-state index contributed by atoms with van der Waals surface area (Å²) in [5, 5.41) is 13.1. The van der Waals surface area contributed by atoms with E-state index in [1.54, 1.807) is 13.0 Å². The molecular formula is C13H15N3O2S. The van der Waals surface area contributed by atoms with Crippen LogP contribution in [0.3, 0.4) is 0 Å². The lowest BCUT2D eigenvalue weighted by molar-refractivity contribution is 0.102. The van der Waals surface area contributed by atoms with E-state index in [0.29, 0.717) is 10.6 Å². The van der Waals surface area contributed by atoms with Gasteiger partial charge in [0.05, 0.1) is 10.7 Å². The van der Waals surface area contributed by atoms with Crippen molar-refractivity contribution in [2.45, 2.75) is 26.7 Å². The number of carbonyl (C=O) groups is 1. The Labute approximate surface area is 115 Å². The van der Waals surface area contributed by atoms with Crippen molar-refractivity contribution in [2.75, 3.05) is 5.32 Å². The number of nitrogens with zero attached hydrogens (tertiary/aromatic N) is 2. The molecule has 2 aromatic rings. The Balaban J connectivity index is 2.23. The minimum Gasteiger partial charge on any atom is -0.504 e. The number of thiazole rings is 1. The summed E-state index contributed by atoms with van der Waals surface area (Å²) in [7, 11) is 0. The first-order valence-corrected chi connectivity index (χ1v) is 6.73. The van der Waals surface area contributed by atoms with Crippen molar-refractivity contribution >= 4 is 23.1 Å². The van der Waals surface area contributed by atoms with Gasteiger partial charge in [0.2, 0.25) is 0 Å². The maximum absolute atomic E-state index is 12.1. The zero-order valence-electron chi connectivity index (χ0n) is 11.0. The minimum atomic E-state index is -0.295. The van der Waals surface area contributed by atoms with E-state index in [4.69, 9.17) is 0 Å². The second-order valence-electron chi connectivity index (χ2n) is 4.45. The molecule has 0 aliphatic heterocycles. The molecule has 0 aromatic carbocycles. The van der Waals surface area contributed by atoms with Crippen molar-refractivity contribution in [2.24, 2.45) is 0 Å². The van der Waals surface area contributed by atoms with Gasteiger partial charge in [-0.2, -0.15) is 0 Å². The lowest BCUT2D eigenvalue weighted by Crippen LogP contribution is -2.12. The van der Waals surface area contributed by atoms with Gasteiger partial charge in [0.1, 0.15) is 4.88 Å². The number of aryl methyl sites for hydroxylation is 1. The number of aromatic hydroxyl groups is 1. The van der Waals surface area contributed by atoms with Crippen LogP contribution in [-0.2, 0) is 0 Å². The molecule has 2 aromatic heterocycles. The highest BCUT2D eigenvalue weighted by molar-refractivity contribution is 7.14. The smallest absolute Gasteiger partial charge is 0.268 e. The van der Waals surface area contributed by atoms with Crippen LogP contribution in [-0.4, -0.2) is 21.0 Å². The third-order valence-corrected chi connectivity index (χ3v) is 3.99. The van der Waals surface area contributed by atoms with Crippen LogP contribution in [0.4, 0.5) is 5.82 Å². The van der Waals surface area contributed by atoms with Crippen molar-refractivity contribution in [3.63, 3.8) is 0 Å². The second-order valence-corrected chi connectivity index (χ2v) is 5.48. The summed E-state index contributed by atoms with van der Waals surface area (Å²) in [6.07, 6.45) is 1.51. The zero-order valence-corrected chi connectivity index (χ0v) is 11.8. The van der Waals surface area contributed by atoms with Crippen LogP contribution in [0.25, 0.3) is 0 Å². The first kappa shape index (κ1) is 13.5. The van der Waals surface area contributed by atoms with E-state index in [1.165, 1.54) is 23.6 Å². The number of hydrogen-bond donors (Lipinski definition) is 2. The molecule has 2 N–H and O–H groups in total. The van der Waals surface area contributed by atoms with Gasteiger partial charge >= 0.3 is 0 Å². The quantitative estimate of drug-likeness (QED) is 0.904. The molecule has 0 spiro atoms. The van der Waals surface area contributed by atoms with Crippen LogP contribution >= 0.6 is 11.3 Å². The summed E-state index contributed by atoms with van der Waals surface area (Å²) in [4.78, 5) is 21.0. The molecule has 0 radical (unpaired) electrons. The summed E-state index contributed by atoms with van der Waals surface area (Å²) in [6.45, 7) is 5.87. The SMILES string of the molecule is Cc1nc(C(C)C)sc1C(=O)Nc1ncccc1O. The Kier molecular flexibility index (Phi) is 3.80. The van der Waals surface area contributed by atoms with Crippen LogP contribution in [0.1, 0.15) is 40.1 Å². The highest BCUT2D eigenvalue weighted by Gasteiger charge is 2.18. The molecule has 0 saturated carbocycles. The Morgan fingerprint density at radius 3 is 2.79 bits per heavy atom. The van der Waals surface area contributed by atoms with Gasteiger partial charge in [0.25, 0.3) is 5.91 Å². The first-order chi connectivity index (χ1) is 8.99. The topological polar surface area (TPSA) is 75.1 Å². The molecule has 0 aliphatic carbocycles. The van der Waals surface area contributed by atoms with Crippen molar-refractivity contribution < 1.29 is 9.90 Å². The van der Waals surface area contributed by atoms with E-state index in [-0.39, 0.29) is 23.4 Å². The molecule has 0 atom stereocenters. The Morgan fingerprint density at radius 1 is 1.47 bits per heavy atom. The van der Waals surface area contributed by atoms with E-state index >= 15 is 0 Å². The molecule has 2 heterocycles. The van der Waals surface area contributed by atoms with Crippen LogP contribution in [0, 0.1) is 6.92 Å². The normalized spacial score (nSPS) is 10.7. The first-order valence-electron chi connectivity index (χ1n) is 5.91. The van der Waals surface area contributed by atoms with Crippen LogP contribution in [0.2, 0.25) is 0 Å². The lowest BCUT2D eigenvalue weighted by atomic mass is 10.2. The zero-order chi connectivity index (χ0) is 14.0. The van der Waals surface area contributed by atoms with E-state index in [2.05, 4.69) is 15.3 Å². The number of carbonyl (C=O) groups excluding carboxylic acids is 1. The van der Waals surface area contributed by atoms with Gasteiger partial charge in [-0.3, -0.25) is 4.79 Å². The minimum absolute atomic E-state index is 0.0536. The highest BCUT2D eigenvalue weighted by Crippen LogP contribution is 2.26. The number of pyridine rings is 1. The number of rotatable bonds is 3. The Morgan fingerprint density at radius 2 is 2.21 bits per heavy atom. The number of aromatic nitrogens is 2.